The Hall–Kier alpha value is -1.66. The van der Waals surface area contributed by atoms with Gasteiger partial charge in [-0.05, 0) is 11.6 Å². The Labute approximate surface area is 117 Å². The van der Waals surface area contributed by atoms with E-state index in [4.69, 9.17) is 22.7 Å². The van der Waals surface area contributed by atoms with Crippen molar-refractivity contribution in [2.75, 3.05) is 26.3 Å². The van der Waals surface area contributed by atoms with Gasteiger partial charge in [-0.2, -0.15) is 0 Å². The summed E-state index contributed by atoms with van der Waals surface area (Å²) in [6, 6.07) is 7.49. The molecule has 0 aliphatic carbocycles. The van der Waals surface area contributed by atoms with Crippen molar-refractivity contribution in [1.82, 2.24) is 10.2 Å². The van der Waals surface area contributed by atoms with Gasteiger partial charge in [-0.3, -0.25) is 0 Å². The van der Waals surface area contributed by atoms with Gasteiger partial charge in [0.15, 0.2) is 0 Å². The van der Waals surface area contributed by atoms with Crippen LogP contribution in [0.3, 0.4) is 0 Å². The van der Waals surface area contributed by atoms with Crippen LogP contribution in [0.2, 0.25) is 0 Å². The lowest BCUT2D eigenvalue weighted by atomic mass is 10.1. The first-order valence-electron chi connectivity index (χ1n) is 6.16. The molecule has 0 atom stereocenters. The molecule has 0 aromatic heterocycles. The van der Waals surface area contributed by atoms with Gasteiger partial charge in [-0.25, -0.2) is 4.79 Å². The van der Waals surface area contributed by atoms with E-state index in [1.807, 2.05) is 24.3 Å². The molecule has 1 aromatic carbocycles. The molecule has 1 aliphatic rings. The highest BCUT2D eigenvalue weighted by atomic mass is 32.1. The van der Waals surface area contributed by atoms with Crippen LogP contribution >= 0.6 is 12.2 Å². The number of ether oxygens (including phenoxy) is 1. The van der Waals surface area contributed by atoms with Crippen LogP contribution in [-0.4, -0.2) is 42.2 Å². The first kappa shape index (κ1) is 13.8. The van der Waals surface area contributed by atoms with Gasteiger partial charge in [0.05, 0.1) is 13.2 Å². The Kier molecular flexibility index (Phi) is 4.70. The molecule has 0 unspecified atom stereocenters. The summed E-state index contributed by atoms with van der Waals surface area (Å²) >= 11 is 4.93. The van der Waals surface area contributed by atoms with Crippen LogP contribution in [0.15, 0.2) is 24.3 Å². The summed E-state index contributed by atoms with van der Waals surface area (Å²) in [4.78, 5) is 14.0. The fraction of sp³-hybridized carbons (Fsp3) is 0.385. The van der Waals surface area contributed by atoms with Crippen molar-refractivity contribution in [1.29, 1.82) is 0 Å². The molecule has 1 saturated heterocycles. The second-order valence-corrected chi connectivity index (χ2v) is 4.76. The van der Waals surface area contributed by atoms with Crippen molar-refractivity contribution >= 4 is 23.2 Å². The number of hydrogen-bond acceptors (Lipinski definition) is 3. The van der Waals surface area contributed by atoms with Crippen LogP contribution in [-0.2, 0) is 11.3 Å². The molecule has 1 fully saturated rings. The molecule has 2 rings (SSSR count). The van der Waals surface area contributed by atoms with Crippen LogP contribution in [0.1, 0.15) is 11.1 Å². The highest BCUT2D eigenvalue weighted by Crippen LogP contribution is 2.05. The minimum absolute atomic E-state index is 0.0657. The maximum absolute atomic E-state index is 11.9. The predicted molar refractivity (Wildman–Crippen MR) is 77.0 cm³/mol. The van der Waals surface area contributed by atoms with Crippen molar-refractivity contribution in [3.63, 3.8) is 0 Å². The van der Waals surface area contributed by atoms with Gasteiger partial charge >= 0.3 is 6.03 Å². The molecule has 3 N–H and O–H groups in total. The number of thiocarbonyl (C=S) groups is 1. The number of amides is 2. The zero-order valence-electron chi connectivity index (χ0n) is 10.6. The third-order valence-corrected chi connectivity index (χ3v) is 3.19. The minimum atomic E-state index is -0.0657. The summed E-state index contributed by atoms with van der Waals surface area (Å²) in [6.07, 6.45) is 0. The zero-order valence-corrected chi connectivity index (χ0v) is 11.4. The number of carbonyl (C=O) groups excluding carboxylic acids is 1. The van der Waals surface area contributed by atoms with E-state index in [0.717, 1.165) is 11.1 Å². The average molecular weight is 279 g/mol. The van der Waals surface area contributed by atoms with Crippen LogP contribution in [0, 0.1) is 0 Å². The zero-order chi connectivity index (χ0) is 13.7. The van der Waals surface area contributed by atoms with Gasteiger partial charge in [-0.15, -0.1) is 0 Å². The fourth-order valence-electron chi connectivity index (χ4n) is 1.89. The van der Waals surface area contributed by atoms with E-state index in [1.165, 1.54) is 0 Å². The van der Waals surface area contributed by atoms with Crippen molar-refractivity contribution in [2.24, 2.45) is 5.73 Å². The monoisotopic (exact) mass is 279 g/mol. The Morgan fingerprint density at radius 3 is 2.84 bits per heavy atom. The first-order chi connectivity index (χ1) is 9.16. The minimum Gasteiger partial charge on any atom is -0.389 e. The maximum Gasteiger partial charge on any atom is 0.317 e. The molecular weight excluding hydrogens is 262 g/mol. The second kappa shape index (κ2) is 6.49. The normalized spacial score (nSPS) is 15.1. The van der Waals surface area contributed by atoms with Gasteiger partial charge in [0.1, 0.15) is 4.99 Å². The molecule has 1 aliphatic heterocycles. The van der Waals surface area contributed by atoms with Crippen LogP contribution in [0.25, 0.3) is 0 Å². The van der Waals surface area contributed by atoms with Gasteiger partial charge in [0, 0.05) is 25.2 Å². The van der Waals surface area contributed by atoms with E-state index in [2.05, 4.69) is 5.32 Å². The van der Waals surface area contributed by atoms with E-state index >= 15 is 0 Å². The van der Waals surface area contributed by atoms with E-state index in [-0.39, 0.29) is 6.03 Å². The number of urea groups is 1. The summed E-state index contributed by atoms with van der Waals surface area (Å²) in [5.41, 5.74) is 7.37. The largest absolute Gasteiger partial charge is 0.389 e. The van der Waals surface area contributed by atoms with Crippen molar-refractivity contribution in [3.05, 3.63) is 35.4 Å². The number of nitrogens with one attached hydrogen (secondary N) is 1. The van der Waals surface area contributed by atoms with Crippen LogP contribution in [0.5, 0.6) is 0 Å². The van der Waals surface area contributed by atoms with Gasteiger partial charge in [-0.1, -0.05) is 30.4 Å². The molecular formula is C13H17N3O2S. The number of carbonyl (C=O) groups is 1. The summed E-state index contributed by atoms with van der Waals surface area (Å²) < 4.78 is 5.20. The SMILES string of the molecule is NC(=S)c1cccc(CNC(=O)N2CCOCC2)c1. The molecule has 102 valence electrons. The van der Waals surface area contributed by atoms with Gasteiger partial charge in [0.2, 0.25) is 0 Å². The molecule has 0 radical (unpaired) electrons. The Bertz CT molecular complexity index is 473. The van der Waals surface area contributed by atoms with Gasteiger partial charge < -0.3 is 20.7 Å². The lowest BCUT2D eigenvalue weighted by Crippen LogP contribution is -2.45. The summed E-state index contributed by atoms with van der Waals surface area (Å²) in [5, 5.41) is 2.88. The molecule has 0 saturated carbocycles. The fourth-order valence-corrected chi connectivity index (χ4v) is 2.02. The van der Waals surface area contributed by atoms with Gasteiger partial charge in [0.25, 0.3) is 0 Å². The summed E-state index contributed by atoms with van der Waals surface area (Å²) in [7, 11) is 0. The molecule has 1 heterocycles. The van der Waals surface area contributed by atoms with Crippen LogP contribution < -0.4 is 11.1 Å². The molecule has 5 nitrogen and oxygen atoms in total. The molecule has 0 spiro atoms. The number of benzene rings is 1. The number of morpholine rings is 1. The number of nitrogens with zero attached hydrogens (tertiary/aromatic N) is 1. The Morgan fingerprint density at radius 2 is 2.16 bits per heavy atom. The third-order valence-electron chi connectivity index (χ3n) is 2.95. The highest BCUT2D eigenvalue weighted by Gasteiger charge is 2.15. The van der Waals surface area contributed by atoms with Crippen LogP contribution in [0.4, 0.5) is 4.79 Å². The lowest BCUT2D eigenvalue weighted by Gasteiger charge is -2.26. The molecule has 6 heteroatoms. The Balaban J connectivity index is 1.89. The predicted octanol–water partition coefficient (Wildman–Crippen LogP) is 0.863. The van der Waals surface area contributed by atoms with E-state index in [1.54, 1.807) is 4.90 Å². The maximum atomic E-state index is 11.9. The lowest BCUT2D eigenvalue weighted by molar-refractivity contribution is 0.0531. The standard InChI is InChI=1S/C13H17N3O2S/c14-12(19)11-3-1-2-10(8-11)9-15-13(17)16-4-6-18-7-5-16/h1-3,8H,4-7,9H2,(H2,14,19)(H,15,17). The highest BCUT2D eigenvalue weighted by molar-refractivity contribution is 7.80. The second-order valence-electron chi connectivity index (χ2n) is 4.32. The van der Waals surface area contributed by atoms with E-state index in [0.29, 0.717) is 37.8 Å². The average Bonchev–Trinajstić information content (AvgIpc) is 2.46. The van der Waals surface area contributed by atoms with Crippen molar-refractivity contribution < 1.29 is 9.53 Å². The smallest absolute Gasteiger partial charge is 0.317 e. The molecule has 0 bridgehead atoms. The number of rotatable bonds is 3. The number of nitrogens with two attached hydrogens (primary N) is 1. The molecule has 19 heavy (non-hydrogen) atoms. The Morgan fingerprint density at radius 1 is 1.42 bits per heavy atom. The van der Waals surface area contributed by atoms with E-state index in [9.17, 15) is 4.79 Å². The van der Waals surface area contributed by atoms with Crippen molar-refractivity contribution in [2.45, 2.75) is 6.54 Å². The van der Waals surface area contributed by atoms with Crippen molar-refractivity contribution in [3.8, 4) is 0 Å². The number of hydrogen-bond donors (Lipinski definition) is 2. The summed E-state index contributed by atoms with van der Waals surface area (Å²) in [5.74, 6) is 0. The molecule has 2 amide bonds. The quantitative estimate of drug-likeness (QED) is 0.805. The first-order valence-corrected chi connectivity index (χ1v) is 6.57. The third kappa shape index (κ3) is 3.90. The summed E-state index contributed by atoms with van der Waals surface area (Å²) in [6.45, 7) is 2.94. The van der Waals surface area contributed by atoms with E-state index < -0.39 is 0 Å². The molecule has 1 aromatic rings. The topological polar surface area (TPSA) is 67.6 Å².